The zero-order chi connectivity index (χ0) is 16.9. The van der Waals surface area contributed by atoms with Gasteiger partial charge in [0.05, 0.1) is 34.7 Å². The minimum absolute atomic E-state index is 0.0716. The maximum atomic E-state index is 11.6. The SMILES string of the molecule is CC(Nc1cnn(CC(=O)NCCO)c1)c1cnc2ccsc2c1. The fraction of sp³-hybridized carbons (Fsp3) is 0.312. The number of anilines is 1. The van der Waals surface area contributed by atoms with E-state index in [9.17, 15) is 4.79 Å². The van der Waals surface area contributed by atoms with Gasteiger partial charge in [0.1, 0.15) is 6.54 Å². The van der Waals surface area contributed by atoms with Crippen molar-refractivity contribution in [2.75, 3.05) is 18.5 Å². The Kier molecular flexibility index (Phi) is 5.07. The lowest BCUT2D eigenvalue weighted by atomic mass is 10.1. The molecular formula is C16H19N5O2S. The second-order valence-electron chi connectivity index (χ2n) is 5.44. The third-order valence-corrected chi connectivity index (χ3v) is 4.43. The Hall–Kier alpha value is -2.45. The molecule has 24 heavy (non-hydrogen) atoms. The topological polar surface area (TPSA) is 92.1 Å². The van der Waals surface area contributed by atoms with E-state index in [1.165, 1.54) is 0 Å². The zero-order valence-corrected chi connectivity index (χ0v) is 14.1. The summed E-state index contributed by atoms with van der Waals surface area (Å²) >= 11 is 1.67. The lowest BCUT2D eigenvalue weighted by Gasteiger charge is -2.13. The van der Waals surface area contributed by atoms with Crippen LogP contribution in [0.3, 0.4) is 0 Å². The summed E-state index contributed by atoms with van der Waals surface area (Å²) in [4.78, 5) is 16.1. The first-order chi connectivity index (χ1) is 11.7. The van der Waals surface area contributed by atoms with Crippen molar-refractivity contribution in [3.8, 4) is 0 Å². The van der Waals surface area contributed by atoms with Gasteiger partial charge in [-0.2, -0.15) is 5.10 Å². The first kappa shape index (κ1) is 16.4. The fourth-order valence-corrected chi connectivity index (χ4v) is 3.14. The number of aliphatic hydroxyl groups excluding tert-OH is 1. The van der Waals surface area contributed by atoms with Gasteiger partial charge in [0.15, 0.2) is 0 Å². The number of carbonyl (C=O) groups excluding carboxylic acids is 1. The third kappa shape index (κ3) is 3.90. The number of hydrogen-bond donors (Lipinski definition) is 3. The fourth-order valence-electron chi connectivity index (χ4n) is 2.35. The van der Waals surface area contributed by atoms with Crippen molar-refractivity contribution in [1.29, 1.82) is 0 Å². The number of thiophene rings is 1. The molecule has 0 aliphatic heterocycles. The molecule has 3 N–H and O–H groups in total. The number of aliphatic hydroxyl groups is 1. The van der Waals surface area contributed by atoms with E-state index < -0.39 is 0 Å². The number of rotatable bonds is 7. The third-order valence-electron chi connectivity index (χ3n) is 3.58. The lowest BCUT2D eigenvalue weighted by molar-refractivity contribution is -0.122. The Balaban J connectivity index is 1.62. The summed E-state index contributed by atoms with van der Waals surface area (Å²) in [6.45, 7) is 2.36. The highest BCUT2D eigenvalue weighted by atomic mass is 32.1. The van der Waals surface area contributed by atoms with Gasteiger partial charge in [-0.05, 0) is 30.0 Å². The number of hydrogen-bond acceptors (Lipinski definition) is 6. The first-order valence-electron chi connectivity index (χ1n) is 7.65. The summed E-state index contributed by atoms with van der Waals surface area (Å²) in [6, 6.07) is 4.22. The summed E-state index contributed by atoms with van der Waals surface area (Å²) in [6.07, 6.45) is 5.35. The second-order valence-corrected chi connectivity index (χ2v) is 6.39. The Bertz CT molecular complexity index is 829. The molecule has 0 spiro atoms. The van der Waals surface area contributed by atoms with E-state index in [2.05, 4.69) is 33.7 Å². The molecule has 0 radical (unpaired) electrons. The normalized spacial score (nSPS) is 12.2. The van der Waals surface area contributed by atoms with Gasteiger partial charge in [-0.25, -0.2) is 0 Å². The molecule has 0 aliphatic rings. The van der Waals surface area contributed by atoms with Gasteiger partial charge in [-0.3, -0.25) is 14.5 Å². The van der Waals surface area contributed by atoms with Crippen LogP contribution in [0.5, 0.6) is 0 Å². The Morgan fingerprint density at radius 1 is 1.46 bits per heavy atom. The predicted octanol–water partition coefficient (Wildman–Crippen LogP) is 1.77. The van der Waals surface area contributed by atoms with Crippen molar-refractivity contribution in [2.24, 2.45) is 0 Å². The average molecular weight is 345 g/mol. The largest absolute Gasteiger partial charge is 0.395 e. The van der Waals surface area contributed by atoms with E-state index in [1.54, 1.807) is 28.4 Å². The van der Waals surface area contributed by atoms with Crippen LogP contribution in [0, 0.1) is 0 Å². The standard InChI is InChI=1S/C16H19N5O2S/c1-11(12-6-15-14(18-7-12)2-5-24-15)20-13-8-19-21(9-13)10-16(23)17-3-4-22/h2,5-9,11,20,22H,3-4,10H2,1H3,(H,17,23). The number of fused-ring (bicyclic) bond motifs is 1. The highest BCUT2D eigenvalue weighted by molar-refractivity contribution is 7.17. The molecule has 3 aromatic heterocycles. The highest BCUT2D eigenvalue weighted by Gasteiger charge is 2.10. The number of amides is 1. The van der Waals surface area contributed by atoms with Crippen LogP contribution in [0.25, 0.3) is 10.2 Å². The molecule has 0 fully saturated rings. The molecule has 0 aliphatic carbocycles. The number of aromatic nitrogens is 3. The van der Waals surface area contributed by atoms with Crippen LogP contribution in [-0.2, 0) is 11.3 Å². The maximum absolute atomic E-state index is 11.6. The molecule has 1 unspecified atom stereocenters. The highest BCUT2D eigenvalue weighted by Crippen LogP contribution is 2.24. The van der Waals surface area contributed by atoms with Crippen molar-refractivity contribution < 1.29 is 9.90 Å². The molecule has 3 heterocycles. The molecule has 3 rings (SSSR count). The number of carbonyl (C=O) groups is 1. The number of nitrogens with one attached hydrogen (secondary N) is 2. The minimum Gasteiger partial charge on any atom is -0.395 e. The molecule has 0 saturated heterocycles. The van der Waals surface area contributed by atoms with Crippen LogP contribution in [-0.4, -0.2) is 38.9 Å². The van der Waals surface area contributed by atoms with E-state index >= 15 is 0 Å². The van der Waals surface area contributed by atoms with Gasteiger partial charge in [0.2, 0.25) is 5.91 Å². The van der Waals surface area contributed by atoms with Gasteiger partial charge >= 0.3 is 0 Å². The van der Waals surface area contributed by atoms with Crippen LogP contribution in [0.1, 0.15) is 18.5 Å². The molecule has 0 bridgehead atoms. The zero-order valence-electron chi connectivity index (χ0n) is 13.3. The maximum Gasteiger partial charge on any atom is 0.241 e. The second kappa shape index (κ2) is 7.41. The minimum atomic E-state index is -0.181. The van der Waals surface area contributed by atoms with Crippen LogP contribution < -0.4 is 10.6 Å². The molecule has 126 valence electrons. The monoisotopic (exact) mass is 345 g/mol. The van der Waals surface area contributed by atoms with Gasteiger partial charge in [-0.1, -0.05) is 0 Å². The van der Waals surface area contributed by atoms with E-state index in [1.807, 2.05) is 17.6 Å². The van der Waals surface area contributed by atoms with E-state index in [0.717, 1.165) is 21.5 Å². The molecular weight excluding hydrogens is 326 g/mol. The predicted molar refractivity (Wildman–Crippen MR) is 94.0 cm³/mol. The van der Waals surface area contributed by atoms with Gasteiger partial charge in [0, 0.05) is 18.9 Å². The van der Waals surface area contributed by atoms with E-state index in [4.69, 9.17) is 5.11 Å². The average Bonchev–Trinajstić information content (AvgIpc) is 3.21. The molecule has 1 atom stereocenters. The van der Waals surface area contributed by atoms with Crippen LogP contribution in [0.4, 0.5) is 5.69 Å². The Labute approximate surface area is 143 Å². The summed E-state index contributed by atoms with van der Waals surface area (Å²) in [5.41, 5.74) is 2.94. The molecule has 3 aromatic rings. The number of pyridine rings is 1. The Morgan fingerprint density at radius 2 is 2.33 bits per heavy atom. The van der Waals surface area contributed by atoms with Crippen molar-refractivity contribution >= 4 is 33.1 Å². The summed E-state index contributed by atoms with van der Waals surface area (Å²) in [5, 5.41) is 20.9. The summed E-state index contributed by atoms with van der Waals surface area (Å²) < 4.78 is 2.72. The molecule has 1 amide bonds. The van der Waals surface area contributed by atoms with Crippen molar-refractivity contribution in [3.05, 3.63) is 41.7 Å². The van der Waals surface area contributed by atoms with Crippen molar-refractivity contribution in [2.45, 2.75) is 19.5 Å². The molecule has 0 saturated carbocycles. The van der Waals surface area contributed by atoms with E-state index in [0.29, 0.717) is 0 Å². The first-order valence-corrected chi connectivity index (χ1v) is 8.53. The van der Waals surface area contributed by atoms with Crippen LogP contribution in [0.15, 0.2) is 36.1 Å². The van der Waals surface area contributed by atoms with E-state index in [-0.39, 0.29) is 31.6 Å². The quantitative estimate of drug-likeness (QED) is 0.607. The molecule has 7 nitrogen and oxygen atoms in total. The smallest absolute Gasteiger partial charge is 0.241 e. The summed E-state index contributed by atoms with van der Waals surface area (Å²) in [5.74, 6) is -0.181. The van der Waals surface area contributed by atoms with Crippen molar-refractivity contribution in [3.63, 3.8) is 0 Å². The number of nitrogens with zero attached hydrogens (tertiary/aromatic N) is 3. The summed E-state index contributed by atoms with van der Waals surface area (Å²) in [7, 11) is 0. The molecule has 8 heteroatoms. The van der Waals surface area contributed by atoms with Crippen molar-refractivity contribution in [1.82, 2.24) is 20.1 Å². The van der Waals surface area contributed by atoms with Gasteiger partial charge in [-0.15, -0.1) is 11.3 Å². The Morgan fingerprint density at radius 3 is 3.17 bits per heavy atom. The van der Waals surface area contributed by atoms with Gasteiger partial charge < -0.3 is 15.7 Å². The lowest BCUT2D eigenvalue weighted by Crippen LogP contribution is -2.30. The van der Waals surface area contributed by atoms with Gasteiger partial charge in [0.25, 0.3) is 0 Å². The van der Waals surface area contributed by atoms with Crippen LogP contribution >= 0.6 is 11.3 Å². The van der Waals surface area contributed by atoms with Crippen LogP contribution in [0.2, 0.25) is 0 Å². The molecule has 0 aromatic carbocycles.